The van der Waals surface area contributed by atoms with Gasteiger partial charge in [0.1, 0.15) is 5.82 Å². The maximum Gasteiger partial charge on any atom is 0.277 e. The molecule has 14 heavy (non-hydrogen) atoms. The summed E-state index contributed by atoms with van der Waals surface area (Å²) in [5.41, 5.74) is 0.636. The van der Waals surface area contributed by atoms with Crippen molar-refractivity contribution >= 4 is 5.78 Å². The highest BCUT2D eigenvalue weighted by Crippen LogP contribution is 2.07. The topological polar surface area (TPSA) is 63.1 Å². The van der Waals surface area contributed by atoms with Crippen LogP contribution in [0.3, 0.4) is 0 Å². The van der Waals surface area contributed by atoms with Crippen LogP contribution in [0.2, 0.25) is 0 Å². The molecule has 74 valence electrons. The summed E-state index contributed by atoms with van der Waals surface area (Å²) in [5.74, 6) is 1.29. The molecule has 0 bridgehead atoms. The number of H-pyrrole nitrogens is 1. The molecule has 0 amide bonds. The van der Waals surface area contributed by atoms with E-state index in [-0.39, 0.29) is 11.5 Å². The first-order valence-electron chi connectivity index (χ1n) is 4.54. The number of aromatic nitrogens is 4. The molecular weight excluding hydrogens is 180 g/mol. The zero-order valence-corrected chi connectivity index (χ0v) is 8.40. The summed E-state index contributed by atoms with van der Waals surface area (Å²) in [6, 6.07) is 0. The van der Waals surface area contributed by atoms with Crippen LogP contribution in [0.25, 0.3) is 5.78 Å². The third-order valence-electron chi connectivity index (χ3n) is 2.13. The van der Waals surface area contributed by atoms with Crippen LogP contribution in [0.5, 0.6) is 0 Å². The van der Waals surface area contributed by atoms with E-state index in [2.05, 4.69) is 15.1 Å². The molecule has 2 aromatic rings. The van der Waals surface area contributed by atoms with E-state index in [0.29, 0.717) is 17.2 Å². The van der Waals surface area contributed by atoms with E-state index in [0.717, 1.165) is 0 Å². The fourth-order valence-electron chi connectivity index (χ4n) is 1.37. The van der Waals surface area contributed by atoms with Gasteiger partial charge in [-0.25, -0.2) is 4.98 Å². The van der Waals surface area contributed by atoms with Gasteiger partial charge in [-0.3, -0.25) is 9.89 Å². The Morgan fingerprint density at radius 3 is 2.86 bits per heavy atom. The van der Waals surface area contributed by atoms with Crippen molar-refractivity contribution in [2.24, 2.45) is 0 Å². The summed E-state index contributed by atoms with van der Waals surface area (Å²) in [5, 5.41) is 2.85. The molecule has 0 saturated heterocycles. The van der Waals surface area contributed by atoms with Gasteiger partial charge in [0, 0.05) is 11.8 Å². The summed E-state index contributed by atoms with van der Waals surface area (Å²) < 4.78 is 1.38. The van der Waals surface area contributed by atoms with Gasteiger partial charge in [0.25, 0.3) is 11.3 Å². The molecule has 0 spiro atoms. The number of hydrogen-bond acceptors (Lipinski definition) is 3. The monoisotopic (exact) mass is 192 g/mol. The lowest BCUT2D eigenvalue weighted by Crippen LogP contribution is -2.20. The van der Waals surface area contributed by atoms with Crippen LogP contribution in [0.4, 0.5) is 0 Å². The minimum Gasteiger partial charge on any atom is -0.275 e. The molecule has 0 fully saturated rings. The summed E-state index contributed by atoms with van der Waals surface area (Å²) in [4.78, 5) is 20.0. The predicted octanol–water partition coefficient (Wildman–Crippen LogP) is 0.849. The number of aryl methyl sites for hydroxylation is 1. The second-order valence-corrected chi connectivity index (χ2v) is 3.62. The van der Waals surface area contributed by atoms with E-state index in [4.69, 9.17) is 0 Å². The first-order chi connectivity index (χ1) is 6.59. The molecular formula is C9H12N4O. The van der Waals surface area contributed by atoms with Crippen LogP contribution in [0.1, 0.15) is 31.2 Å². The standard InChI is InChI=1S/C9H12N4O/c1-5(2)7-4-10-9-11-6(3)12-13(9)8(7)14/h4-5H,1-3H3,(H,10,11,12). The van der Waals surface area contributed by atoms with Gasteiger partial charge >= 0.3 is 0 Å². The maximum atomic E-state index is 11.8. The van der Waals surface area contributed by atoms with Gasteiger partial charge in [-0.1, -0.05) is 13.8 Å². The molecule has 0 saturated carbocycles. The highest BCUT2D eigenvalue weighted by Gasteiger charge is 2.09. The van der Waals surface area contributed by atoms with Crippen molar-refractivity contribution in [3.05, 3.63) is 27.9 Å². The number of nitrogens with one attached hydrogen (secondary N) is 1. The fraction of sp³-hybridized carbons (Fsp3) is 0.444. The Morgan fingerprint density at radius 1 is 1.50 bits per heavy atom. The number of nitrogens with zero attached hydrogens (tertiary/aromatic N) is 3. The number of fused-ring (bicyclic) bond motifs is 1. The largest absolute Gasteiger partial charge is 0.277 e. The average Bonchev–Trinajstić information content (AvgIpc) is 2.46. The summed E-state index contributed by atoms with van der Waals surface area (Å²) in [6.45, 7) is 5.73. The minimum absolute atomic E-state index is 0.0643. The Balaban J connectivity index is 2.81. The first-order valence-corrected chi connectivity index (χ1v) is 4.54. The van der Waals surface area contributed by atoms with E-state index in [1.54, 1.807) is 13.1 Å². The molecule has 0 unspecified atom stereocenters. The number of hydrogen-bond donors (Lipinski definition) is 1. The van der Waals surface area contributed by atoms with E-state index in [9.17, 15) is 4.79 Å². The van der Waals surface area contributed by atoms with Gasteiger partial charge in [-0.2, -0.15) is 9.50 Å². The minimum atomic E-state index is -0.0643. The second kappa shape index (κ2) is 2.94. The molecule has 0 radical (unpaired) electrons. The smallest absolute Gasteiger partial charge is 0.275 e. The zero-order valence-electron chi connectivity index (χ0n) is 8.40. The summed E-state index contributed by atoms with van der Waals surface area (Å²) >= 11 is 0. The van der Waals surface area contributed by atoms with Gasteiger partial charge in [-0.05, 0) is 12.8 Å². The maximum absolute atomic E-state index is 11.8. The molecule has 5 nitrogen and oxygen atoms in total. The Labute approximate surface area is 80.8 Å². The van der Waals surface area contributed by atoms with Crippen LogP contribution >= 0.6 is 0 Å². The molecule has 0 aliphatic carbocycles. The summed E-state index contributed by atoms with van der Waals surface area (Å²) in [6.07, 6.45) is 1.60. The second-order valence-electron chi connectivity index (χ2n) is 3.62. The highest BCUT2D eigenvalue weighted by atomic mass is 16.1. The van der Waals surface area contributed by atoms with Crippen molar-refractivity contribution in [3.8, 4) is 0 Å². The first kappa shape index (κ1) is 8.93. The van der Waals surface area contributed by atoms with E-state index >= 15 is 0 Å². The molecule has 0 aliphatic rings. The molecule has 0 aliphatic heterocycles. The quantitative estimate of drug-likeness (QED) is 0.728. The third-order valence-corrected chi connectivity index (χ3v) is 2.13. The van der Waals surface area contributed by atoms with Crippen LogP contribution in [0, 0.1) is 6.92 Å². The van der Waals surface area contributed by atoms with Gasteiger partial charge < -0.3 is 0 Å². The number of aromatic amines is 1. The van der Waals surface area contributed by atoms with Crippen LogP contribution in [-0.4, -0.2) is 19.6 Å². The van der Waals surface area contributed by atoms with Gasteiger partial charge in [0.2, 0.25) is 0 Å². The Kier molecular flexibility index (Phi) is 1.87. The number of rotatable bonds is 1. The summed E-state index contributed by atoms with van der Waals surface area (Å²) in [7, 11) is 0. The average molecular weight is 192 g/mol. The highest BCUT2D eigenvalue weighted by molar-refractivity contribution is 5.28. The molecule has 2 heterocycles. The van der Waals surface area contributed by atoms with E-state index < -0.39 is 0 Å². The third kappa shape index (κ3) is 1.21. The van der Waals surface area contributed by atoms with Gasteiger partial charge in [0.15, 0.2) is 0 Å². The van der Waals surface area contributed by atoms with Crippen LogP contribution < -0.4 is 5.56 Å². The van der Waals surface area contributed by atoms with Crippen molar-refractivity contribution in [2.45, 2.75) is 26.7 Å². The lowest BCUT2D eigenvalue weighted by atomic mass is 10.1. The molecule has 2 rings (SSSR count). The lowest BCUT2D eigenvalue weighted by molar-refractivity contribution is 0.789. The van der Waals surface area contributed by atoms with Crippen molar-refractivity contribution in [1.82, 2.24) is 19.6 Å². The Morgan fingerprint density at radius 2 is 2.21 bits per heavy atom. The fourth-order valence-corrected chi connectivity index (χ4v) is 1.37. The SMILES string of the molecule is Cc1nc2ncc(C(C)C)c(=O)n2[nH]1. The van der Waals surface area contributed by atoms with Crippen LogP contribution in [0.15, 0.2) is 11.0 Å². The van der Waals surface area contributed by atoms with Crippen molar-refractivity contribution in [3.63, 3.8) is 0 Å². The molecule has 2 aromatic heterocycles. The lowest BCUT2D eigenvalue weighted by Gasteiger charge is -2.02. The van der Waals surface area contributed by atoms with Crippen LogP contribution in [-0.2, 0) is 0 Å². The normalized spacial score (nSPS) is 11.4. The van der Waals surface area contributed by atoms with Gasteiger partial charge in [0.05, 0.1) is 0 Å². The Hall–Kier alpha value is -1.65. The zero-order chi connectivity index (χ0) is 10.3. The van der Waals surface area contributed by atoms with Crippen molar-refractivity contribution < 1.29 is 0 Å². The van der Waals surface area contributed by atoms with Crippen molar-refractivity contribution in [2.75, 3.05) is 0 Å². The molecule has 0 aromatic carbocycles. The van der Waals surface area contributed by atoms with Crippen molar-refractivity contribution in [1.29, 1.82) is 0 Å². The van der Waals surface area contributed by atoms with E-state index in [1.807, 2.05) is 13.8 Å². The van der Waals surface area contributed by atoms with Gasteiger partial charge in [-0.15, -0.1) is 0 Å². The Bertz CT molecular complexity index is 523. The molecule has 0 atom stereocenters. The molecule has 1 N–H and O–H groups in total. The molecule has 5 heteroatoms. The predicted molar refractivity (Wildman–Crippen MR) is 52.4 cm³/mol. The van der Waals surface area contributed by atoms with E-state index in [1.165, 1.54) is 4.52 Å².